The molecule has 0 amide bonds. The van der Waals surface area contributed by atoms with E-state index in [1.54, 1.807) is 0 Å². The molecule has 0 radical (unpaired) electrons. The molecule has 0 atom stereocenters. The molecule has 0 unspecified atom stereocenters. The minimum Gasteiger partial charge on any atom is -0.314 e. The van der Waals surface area contributed by atoms with E-state index < -0.39 is 0 Å². The molecule has 1 heterocycles. The zero-order valence-corrected chi connectivity index (χ0v) is 10.9. The van der Waals surface area contributed by atoms with Crippen LogP contribution in [0, 0.1) is 5.92 Å². The lowest BCUT2D eigenvalue weighted by Gasteiger charge is -2.28. The first kappa shape index (κ1) is 12.6. The van der Waals surface area contributed by atoms with E-state index in [2.05, 4.69) is 23.3 Å². The monoisotopic (exact) mass is 232 g/mol. The summed E-state index contributed by atoms with van der Waals surface area (Å²) in [6, 6.07) is 4.93. The molecule has 2 nitrogen and oxygen atoms in total. The van der Waals surface area contributed by atoms with Gasteiger partial charge in [0.15, 0.2) is 0 Å². The summed E-state index contributed by atoms with van der Waals surface area (Å²) in [5, 5.41) is 3.69. The molecule has 1 aliphatic carbocycles. The van der Waals surface area contributed by atoms with Crippen LogP contribution in [0.3, 0.4) is 0 Å². The molecule has 2 rings (SSSR count). The van der Waals surface area contributed by atoms with Gasteiger partial charge in [0, 0.05) is 18.4 Å². The van der Waals surface area contributed by atoms with E-state index in [0.29, 0.717) is 0 Å². The maximum absolute atomic E-state index is 4.14. The Hall–Kier alpha value is -0.890. The van der Waals surface area contributed by atoms with Crippen molar-refractivity contribution in [2.24, 2.45) is 5.92 Å². The molecule has 0 saturated heterocycles. The summed E-state index contributed by atoms with van der Waals surface area (Å²) in [5.74, 6) is 0.992. The van der Waals surface area contributed by atoms with Gasteiger partial charge in [-0.2, -0.15) is 0 Å². The lowest BCUT2D eigenvalue weighted by molar-refractivity contribution is 0.287. The second-order valence-corrected chi connectivity index (χ2v) is 5.19. The molecule has 1 aromatic heterocycles. The van der Waals surface area contributed by atoms with E-state index in [1.165, 1.54) is 37.7 Å². The van der Waals surface area contributed by atoms with Gasteiger partial charge in [0.2, 0.25) is 0 Å². The molecule has 1 saturated carbocycles. The predicted octanol–water partition coefficient (Wildman–Crippen LogP) is 3.18. The maximum atomic E-state index is 4.14. The molecule has 2 heteroatoms. The van der Waals surface area contributed by atoms with Gasteiger partial charge in [0.05, 0.1) is 0 Å². The molecule has 0 spiro atoms. The highest BCUT2D eigenvalue weighted by molar-refractivity contribution is 5.08. The van der Waals surface area contributed by atoms with Crippen molar-refractivity contribution in [1.82, 2.24) is 10.3 Å². The normalized spacial score (nSPS) is 24.8. The Bertz CT molecular complexity index is 302. The summed E-state index contributed by atoms with van der Waals surface area (Å²) in [6.45, 7) is 3.41. The van der Waals surface area contributed by atoms with Gasteiger partial charge in [0.25, 0.3) is 0 Å². The van der Waals surface area contributed by atoms with Gasteiger partial charge in [-0.05, 0) is 56.2 Å². The smallest absolute Gasteiger partial charge is 0.0300 e. The Morgan fingerprint density at radius 3 is 2.76 bits per heavy atom. The SMILES string of the molecule is CCC1CCC(NCCc2cccnc2)CC1. The summed E-state index contributed by atoms with van der Waals surface area (Å²) >= 11 is 0. The fraction of sp³-hybridized carbons (Fsp3) is 0.667. The molecule has 0 aliphatic heterocycles. The van der Waals surface area contributed by atoms with Crippen LogP contribution in [0.1, 0.15) is 44.6 Å². The highest BCUT2D eigenvalue weighted by Gasteiger charge is 2.18. The summed E-state index contributed by atoms with van der Waals surface area (Å²) in [5.41, 5.74) is 1.34. The van der Waals surface area contributed by atoms with E-state index in [9.17, 15) is 0 Å². The Labute approximate surface area is 105 Å². The highest BCUT2D eigenvalue weighted by atomic mass is 14.9. The van der Waals surface area contributed by atoms with Crippen LogP contribution in [0.5, 0.6) is 0 Å². The Morgan fingerprint density at radius 2 is 2.12 bits per heavy atom. The fourth-order valence-electron chi connectivity index (χ4n) is 2.74. The van der Waals surface area contributed by atoms with Crippen molar-refractivity contribution in [3.05, 3.63) is 30.1 Å². The van der Waals surface area contributed by atoms with Crippen molar-refractivity contribution < 1.29 is 0 Å². The first-order valence-corrected chi connectivity index (χ1v) is 7.00. The van der Waals surface area contributed by atoms with Crippen LogP contribution in [-0.4, -0.2) is 17.6 Å². The van der Waals surface area contributed by atoms with Gasteiger partial charge in [-0.15, -0.1) is 0 Å². The molecule has 1 aliphatic rings. The van der Waals surface area contributed by atoms with Crippen molar-refractivity contribution in [2.45, 2.75) is 51.5 Å². The van der Waals surface area contributed by atoms with Crippen molar-refractivity contribution >= 4 is 0 Å². The van der Waals surface area contributed by atoms with Gasteiger partial charge in [0.1, 0.15) is 0 Å². The number of nitrogens with zero attached hydrogens (tertiary/aromatic N) is 1. The molecule has 17 heavy (non-hydrogen) atoms. The molecule has 0 bridgehead atoms. The minimum absolute atomic E-state index is 0.759. The lowest BCUT2D eigenvalue weighted by atomic mass is 9.84. The van der Waals surface area contributed by atoms with Crippen molar-refractivity contribution in [3.8, 4) is 0 Å². The van der Waals surface area contributed by atoms with Crippen LogP contribution in [0.2, 0.25) is 0 Å². The average molecular weight is 232 g/mol. The van der Waals surface area contributed by atoms with Crippen LogP contribution in [0.15, 0.2) is 24.5 Å². The molecule has 1 aromatic rings. The first-order chi connectivity index (χ1) is 8.38. The van der Waals surface area contributed by atoms with E-state index in [-0.39, 0.29) is 0 Å². The summed E-state index contributed by atoms with van der Waals surface area (Å²) < 4.78 is 0. The lowest BCUT2D eigenvalue weighted by Crippen LogP contribution is -2.34. The van der Waals surface area contributed by atoms with Crippen LogP contribution < -0.4 is 5.32 Å². The van der Waals surface area contributed by atoms with Gasteiger partial charge in [-0.1, -0.05) is 19.4 Å². The van der Waals surface area contributed by atoms with E-state index in [0.717, 1.165) is 24.9 Å². The van der Waals surface area contributed by atoms with Gasteiger partial charge in [-0.25, -0.2) is 0 Å². The topological polar surface area (TPSA) is 24.9 Å². The molecule has 94 valence electrons. The standard InChI is InChI=1S/C15H24N2/c1-2-13-5-7-15(8-6-13)17-11-9-14-4-3-10-16-12-14/h3-4,10,12-13,15,17H,2,5-9,11H2,1H3. The quantitative estimate of drug-likeness (QED) is 0.843. The van der Waals surface area contributed by atoms with E-state index >= 15 is 0 Å². The largest absolute Gasteiger partial charge is 0.314 e. The van der Waals surface area contributed by atoms with E-state index in [4.69, 9.17) is 0 Å². The number of hydrogen-bond acceptors (Lipinski definition) is 2. The minimum atomic E-state index is 0.759. The summed E-state index contributed by atoms with van der Waals surface area (Å²) in [4.78, 5) is 4.14. The number of nitrogens with one attached hydrogen (secondary N) is 1. The number of aromatic nitrogens is 1. The first-order valence-electron chi connectivity index (χ1n) is 7.00. The zero-order chi connectivity index (χ0) is 11.9. The van der Waals surface area contributed by atoms with E-state index in [1.807, 2.05) is 18.5 Å². The van der Waals surface area contributed by atoms with Gasteiger partial charge < -0.3 is 5.32 Å². The number of pyridine rings is 1. The second-order valence-electron chi connectivity index (χ2n) is 5.19. The fourth-order valence-corrected chi connectivity index (χ4v) is 2.74. The predicted molar refractivity (Wildman–Crippen MR) is 72.0 cm³/mol. The molecule has 1 N–H and O–H groups in total. The third kappa shape index (κ3) is 4.12. The Balaban J connectivity index is 1.63. The van der Waals surface area contributed by atoms with Crippen molar-refractivity contribution in [2.75, 3.05) is 6.54 Å². The Morgan fingerprint density at radius 1 is 1.29 bits per heavy atom. The zero-order valence-electron chi connectivity index (χ0n) is 10.9. The maximum Gasteiger partial charge on any atom is 0.0300 e. The van der Waals surface area contributed by atoms with Gasteiger partial charge in [-0.3, -0.25) is 4.98 Å². The number of hydrogen-bond donors (Lipinski definition) is 1. The summed E-state index contributed by atoms with van der Waals surface area (Å²) in [6.07, 6.45) is 11.8. The molecule has 0 aromatic carbocycles. The Kier molecular flexibility index (Phi) is 4.99. The highest BCUT2D eigenvalue weighted by Crippen LogP contribution is 2.26. The van der Waals surface area contributed by atoms with Crippen LogP contribution >= 0.6 is 0 Å². The van der Waals surface area contributed by atoms with Crippen molar-refractivity contribution in [1.29, 1.82) is 0 Å². The summed E-state index contributed by atoms with van der Waals surface area (Å²) in [7, 11) is 0. The van der Waals surface area contributed by atoms with Gasteiger partial charge >= 0.3 is 0 Å². The molecular weight excluding hydrogens is 208 g/mol. The van der Waals surface area contributed by atoms with Crippen molar-refractivity contribution in [3.63, 3.8) is 0 Å². The molecule has 1 fully saturated rings. The third-order valence-electron chi connectivity index (χ3n) is 3.99. The third-order valence-corrected chi connectivity index (χ3v) is 3.99. The average Bonchev–Trinajstić information content (AvgIpc) is 2.41. The van der Waals surface area contributed by atoms with Crippen LogP contribution in [-0.2, 0) is 6.42 Å². The second kappa shape index (κ2) is 6.75. The van der Waals surface area contributed by atoms with Crippen LogP contribution in [0.25, 0.3) is 0 Å². The van der Waals surface area contributed by atoms with Crippen LogP contribution in [0.4, 0.5) is 0 Å². The number of rotatable bonds is 5. The molecular formula is C15H24N2.